The first-order valence-electron chi connectivity index (χ1n) is 5.46. The first-order chi connectivity index (χ1) is 8.37. The van der Waals surface area contributed by atoms with Gasteiger partial charge >= 0.3 is 0 Å². The highest BCUT2D eigenvalue weighted by Gasteiger charge is 2.13. The second-order valence-electron chi connectivity index (χ2n) is 3.84. The van der Waals surface area contributed by atoms with E-state index in [0.29, 0.717) is 16.6 Å². The molecule has 0 aliphatic carbocycles. The van der Waals surface area contributed by atoms with Gasteiger partial charge in [-0.15, -0.1) is 0 Å². The molecule has 102 valence electrons. The minimum Gasteiger partial charge on any atom is -0.309 e. The van der Waals surface area contributed by atoms with Gasteiger partial charge in [0, 0.05) is 12.6 Å². The normalized spacial score (nSPS) is 13.6. The van der Waals surface area contributed by atoms with Crippen LogP contribution < -0.4 is 10.0 Å². The predicted octanol–water partition coefficient (Wildman–Crippen LogP) is 2.19. The lowest BCUT2D eigenvalue weighted by Gasteiger charge is -2.16. The quantitative estimate of drug-likeness (QED) is 0.847. The molecule has 1 aromatic carbocycles. The summed E-state index contributed by atoms with van der Waals surface area (Å²) in [6, 6.07) is 5.32. The van der Waals surface area contributed by atoms with Crippen LogP contribution in [0, 0.1) is 0 Å². The molecule has 7 heteroatoms. The van der Waals surface area contributed by atoms with E-state index in [-0.39, 0.29) is 11.8 Å². The highest BCUT2D eigenvalue weighted by Crippen LogP contribution is 2.29. The molecule has 0 aromatic heterocycles. The minimum atomic E-state index is -3.19. The summed E-state index contributed by atoms with van der Waals surface area (Å²) in [6.07, 6.45) is 0. The molecule has 2 N–H and O–H groups in total. The zero-order chi connectivity index (χ0) is 13.8. The van der Waals surface area contributed by atoms with Gasteiger partial charge in [0.25, 0.3) is 0 Å². The lowest BCUT2D eigenvalue weighted by atomic mass is 10.1. The molecule has 0 spiro atoms. The van der Waals surface area contributed by atoms with Crippen LogP contribution in [0.15, 0.2) is 18.2 Å². The number of hydrogen-bond donors (Lipinski definition) is 2. The average molecular weight is 311 g/mol. The molecule has 0 amide bonds. The fourth-order valence-corrected chi connectivity index (χ4v) is 2.54. The fraction of sp³-hybridized carbons (Fsp3) is 0.455. The molecule has 4 nitrogen and oxygen atoms in total. The van der Waals surface area contributed by atoms with Gasteiger partial charge in [0.05, 0.1) is 15.8 Å². The van der Waals surface area contributed by atoms with E-state index < -0.39 is 10.0 Å². The van der Waals surface area contributed by atoms with Gasteiger partial charge in [-0.2, -0.15) is 0 Å². The van der Waals surface area contributed by atoms with Gasteiger partial charge in [0.15, 0.2) is 0 Å². The smallest absolute Gasteiger partial charge is 0.212 e. The molecule has 0 aliphatic rings. The van der Waals surface area contributed by atoms with Gasteiger partial charge in [-0.05, 0) is 25.6 Å². The fourth-order valence-electron chi connectivity index (χ4n) is 1.48. The van der Waals surface area contributed by atoms with Crippen molar-refractivity contribution in [3.8, 4) is 0 Å². The van der Waals surface area contributed by atoms with Crippen molar-refractivity contribution < 1.29 is 8.42 Å². The average Bonchev–Trinajstić information content (AvgIpc) is 2.32. The van der Waals surface area contributed by atoms with E-state index in [4.69, 9.17) is 23.2 Å². The Kier molecular flexibility index (Phi) is 5.88. The minimum absolute atomic E-state index is 0.0199. The molecular formula is C11H16Cl2N2O2S. The third kappa shape index (κ3) is 4.40. The monoisotopic (exact) mass is 310 g/mol. The molecular weight excluding hydrogens is 295 g/mol. The topological polar surface area (TPSA) is 58.2 Å². The summed E-state index contributed by atoms with van der Waals surface area (Å²) in [5, 5.41) is 4.08. The first-order valence-corrected chi connectivity index (χ1v) is 7.86. The summed E-state index contributed by atoms with van der Waals surface area (Å²) >= 11 is 12.0. The lowest BCUT2D eigenvalue weighted by molar-refractivity contribution is 0.567. The molecule has 1 rings (SSSR count). The SMILES string of the molecule is CNS(=O)(=O)CCNC(C)c1cccc(Cl)c1Cl. The van der Waals surface area contributed by atoms with E-state index in [1.165, 1.54) is 7.05 Å². The van der Waals surface area contributed by atoms with Crippen LogP contribution in [0.2, 0.25) is 10.0 Å². The zero-order valence-corrected chi connectivity index (χ0v) is 12.5. The third-order valence-electron chi connectivity index (χ3n) is 2.58. The van der Waals surface area contributed by atoms with Crippen molar-refractivity contribution in [3.05, 3.63) is 33.8 Å². The molecule has 0 aliphatic heterocycles. The lowest BCUT2D eigenvalue weighted by Crippen LogP contribution is -2.31. The van der Waals surface area contributed by atoms with Gasteiger partial charge in [-0.3, -0.25) is 0 Å². The van der Waals surface area contributed by atoms with Crippen LogP contribution in [-0.4, -0.2) is 27.8 Å². The summed E-state index contributed by atoms with van der Waals surface area (Å²) in [4.78, 5) is 0. The standard InChI is InChI=1S/C11H16Cl2N2O2S/c1-8(15-6-7-18(16,17)14-2)9-4-3-5-10(12)11(9)13/h3-5,8,14-15H,6-7H2,1-2H3. The number of benzene rings is 1. The molecule has 0 bridgehead atoms. The highest BCUT2D eigenvalue weighted by atomic mass is 35.5. The van der Waals surface area contributed by atoms with Crippen LogP contribution >= 0.6 is 23.2 Å². The van der Waals surface area contributed by atoms with Crippen LogP contribution in [0.3, 0.4) is 0 Å². The number of sulfonamides is 1. The molecule has 0 fully saturated rings. The summed E-state index contributed by atoms with van der Waals surface area (Å²) in [5.74, 6) is 0.0199. The Morgan fingerprint density at radius 3 is 2.61 bits per heavy atom. The summed E-state index contributed by atoms with van der Waals surface area (Å²) in [7, 11) is -1.79. The first kappa shape index (κ1) is 15.7. The van der Waals surface area contributed by atoms with Crippen molar-refractivity contribution in [2.45, 2.75) is 13.0 Å². The van der Waals surface area contributed by atoms with Crippen molar-refractivity contribution in [1.29, 1.82) is 0 Å². The molecule has 1 unspecified atom stereocenters. The Labute approximate surface area is 118 Å². The molecule has 0 saturated heterocycles. The molecule has 0 saturated carbocycles. The largest absolute Gasteiger partial charge is 0.309 e. The Balaban J connectivity index is 2.61. The second kappa shape index (κ2) is 6.73. The molecule has 1 atom stereocenters. The maximum Gasteiger partial charge on any atom is 0.212 e. The Morgan fingerprint density at radius 2 is 2.00 bits per heavy atom. The van der Waals surface area contributed by atoms with Gasteiger partial charge in [0.1, 0.15) is 0 Å². The van der Waals surface area contributed by atoms with Crippen LogP contribution in [0.1, 0.15) is 18.5 Å². The van der Waals surface area contributed by atoms with Gasteiger partial charge in [-0.1, -0.05) is 35.3 Å². The number of hydrogen-bond acceptors (Lipinski definition) is 3. The number of rotatable bonds is 6. The summed E-state index contributed by atoms with van der Waals surface area (Å²) in [5.41, 5.74) is 0.853. The maximum absolute atomic E-state index is 11.2. The highest BCUT2D eigenvalue weighted by molar-refractivity contribution is 7.89. The van der Waals surface area contributed by atoms with Crippen LogP contribution in [0.4, 0.5) is 0 Å². The molecule has 18 heavy (non-hydrogen) atoms. The van der Waals surface area contributed by atoms with Crippen LogP contribution in [-0.2, 0) is 10.0 Å². The van der Waals surface area contributed by atoms with Crippen molar-refractivity contribution in [3.63, 3.8) is 0 Å². The van der Waals surface area contributed by atoms with Gasteiger partial charge in [0.2, 0.25) is 10.0 Å². The summed E-state index contributed by atoms with van der Waals surface area (Å²) in [6.45, 7) is 2.25. The molecule has 1 aromatic rings. The van der Waals surface area contributed by atoms with E-state index in [1.54, 1.807) is 6.07 Å². The predicted molar refractivity (Wildman–Crippen MR) is 75.7 cm³/mol. The van der Waals surface area contributed by atoms with Crippen LogP contribution in [0.25, 0.3) is 0 Å². The Bertz CT molecular complexity index is 506. The molecule has 0 radical (unpaired) electrons. The van der Waals surface area contributed by atoms with Crippen LogP contribution in [0.5, 0.6) is 0 Å². The zero-order valence-electron chi connectivity index (χ0n) is 10.2. The van der Waals surface area contributed by atoms with Crippen molar-refractivity contribution in [2.75, 3.05) is 19.3 Å². The molecule has 0 heterocycles. The van der Waals surface area contributed by atoms with E-state index in [9.17, 15) is 8.42 Å². The van der Waals surface area contributed by atoms with Crippen molar-refractivity contribution in [2.24, 2.45) is 0 Å². The Hall–Kier alpha value is -0.330. The summed E-state index contributed by atoms with van der Waals surface area (Å²) < 4.78 is 24.7. The van der Waals surface area contributed by atoms with Crippen molar-refractivity contribution in [1.82, 2.24) is 10.0 Å². The van der Waals surface area contributed by atoms with E-state index in [1.807, 2.05) is 19.1 Å². The van der Waals surface area contributed by atoms with E-state index >= 15 is 0 Å². The Morgan fingerprint density at radius 1 is 1.33 bits per heavy atom. The number of nitrogens with one attached hydrogen (secondary N) is 2. The van der Waals surface area contributed by atoms with E-state index in [0.717, 1.165) is 5.56 Å². The van der Waals surface area contributed by atoms with E-state index in [2.05, 4.69) is 10.0 Å². The van der Waals surface area contributed by atoms with Gasteiger partial charge < -0.3 is 5.32 Å². The maximum atomic E-state index is 11.2. The third-order valence-corrected chi connectivity index (χ3v) is 4.78. The van der Waals surface area contributed by atoms with Gasteiger partial charge in [-0.25, -0.2) is 13.1 Å². The van der Waals surface area contributed by atoms with Crippen molar-refractivity contribution >= 4 is 33.2 Å². The second-order valence-corrected chi connectivity index (χ2v) is 6.67. The number of halogens is 2.